The van der Waals surface area contributed by atoms with E-state index in [2.05, 4.69) is 15.8 Å². The molecule has 0 radical (unpaired) electrons. The lowest BCUT2D eigenvalue weighted by Gasteiger charge is -2.11. The molecule has 0 aliphatic carbocycles. The van der Waals surface area contributed by atoms with E-state index in [4.69, 9.17) is 4.52 Å². The summed E-state index contributed by atoms with van der Waals surface area (Å²) in [5, 5.41) is 9.82. The third-order valence-electron chi connectivity index (χ3n) is 2.89. The minimum absolute atomic E-state index is 0.126. The first kappa shape index (κ1) is 14.1. The van der Waals surface area contributed by atoms with Crippen molar-refractivity contribution >= 4 is 11.6 Å². The van der Waals surface area contributed by atoms with Gasteiger partial charge in [-0.1, -0.05) is 16.8 Å². The molecule has 0 aliphatic heterocycles. The molecule has 1 aromatic heterocycles. The van der Waals surface area contributed by atoms with Crippen LogP contribution in [0.4, 0.5) is 5.69 Å². The van der Waals surface area contributed by atoms with Gasteiger partial charge in [0.15, 0.2) is 5.76 Å². The number of hydrogen-bond donors (Lipinski definition) is 2. The van der Waals surface area contributed by atoms with Crippen molar-refractivity contribution in [3.8, 4) is 0 Å². The lowest BCUT2D eigenvalue weighted by Crippen LogP contribution is -2.24. The highest BCUT2D eigenvalue weighted by Crippen LogP contribution is 2.17. The Kier molecular flexibility index (Phi) is 4.40. The molecule has 0 atom stereocenters. The van der Waals surface area contributed by atoms with Gasteiger partial charge in [0, 0.05) is 18.3 Å². The van der Waals surface area contributed by atoms with Crippen molar-refractivity contribution in [3.05, 3.63) is 46.8 Å². The Morgan fingerprint density at radius 2 is 2.10 bits per heavy atom. The number of nitrogens with zero attached hydrogens (tertiary/aromatic N) is 1. The zero-order valence-electron chi connectivity index (χ0n) is 12.0. The molecular weight excluding hydrogens is 254 g/mol. The quantitative estimate of drug-likeness (QED) is 0.879. The van der Waals surface area contributed by atoms with E-state index in [1.807, 2.05) is 45.0 Å². The molecule has 0 spiro atoms. The molecule has 0 unspecified atom stereocenters. The number of benzene rings is 1. The molecule has 0 aliphatic rings. The minimum atomic E-state index is -0.126. The van der Waals surface area contributed by atoms with Gasteiger partial charge < -0.3 is 15.2 Å². The average Bonchev–Trinajstić information content (AvgIpc) is 2.84. The van der Waals surface area contributed by atoms with Gasteiger partial charge in [-0.05, 0) is 32.9 Å². The first-order valence-electron chi connectivity index (χ1n) is 6.65. The molecule has 2 rings (SSSR count). The van der Waals surface area contributed by atoms with E-state index in [0.29, 0.717) is 17.9 Å². The van der Waals surface area contributed by atoms with Gasteiger partial charge in [-0.15, -0.1) is 0 Å². The van der Waals surface area contributed by atoms with Crippen molar-refractivity contribution in [2.45, 2.75) is 27.3 Å². The highest BCUT2D eigenvalue weighted by molar-refractivity contribution is 5.99. The van der Waals surface area contributed by atoms with Gasteiger partial charge in [-0.3, -0.25) is 4.79 Å². The van der Waals surface area contributed by atoms with Crippen molar-refractivity contribution in [2.75, 3.05) is 11.9 Å². The maximum absolute atomic E-state index is 12.3. The Morgan fingerprint density at radius 1 is 1.30 bits per heavy atom. The van der Waals surface area contributed by atoms with Gasteiger partial charge in [-0.2, -0.15) is 0 Å². The van der Waals surface area contributed by atoms with Crippen molar-refractivity contribution in [3.63, 3.8) is 0 Å². The van der Waals surface area contributed by atoms with Crippen LogP contribution in [0.15, 0.2) is 28.8 Å². The van der Waals surface area contributed by atoms with Gasteiger partial charge in [0.05, 0.1) is 17.8 Å². The summed E-state index contributed by atoms with van der Waals surface area (Å²) in [5.41, 5.74) is 3.33. The number of rotatable bonds is 5. The van der Waals surface area contributed by atoms with E-state index in [1.54, 1.807) is 0 Å². The van der Waals surface area contributed by atoms with Crippen molar-refractivity contribution in [1.82, 2.24) is 10.5 Å². The van der Waals surface area contributed by atoms with Gasteiger partial charge in [-0.25, -0.2) is 0 Å². The second-order valence-electron chi connectivity index (χ2n) is 4.70. The first-order valence-corrected chi connectivity index (χ1v) is 6.65. The predicted molar refractivity (Wildman–Crippen MR) is 77.8 cm³/mol. The number of carbonyl (C=O) groups is 1. The van der Waals surface area contributed by atoms with E-state index < -0.39 is 0 Å². The largest absolute Gasteiger partial charge is 0.385 e. The van der Waals surface area contributed by atoms with Gasteiger partial charge in [0.2, 0.25) is 0 Å². The number of anilines is 1. The summed E-state index contributed by atoms with van der Waals surface area (Å²) in [6, 6.07) is 7.58. The van der Waals surface area contributed by atoms with Gasteiger partial charge in [0.25, 0.3) is 5.91 Å². The maximum atomic E-state index is 12.3. The summed E-state index contributed by atoms with van der Waals surface area (Å²) >= 11 is 0. The van der Waals surface area contributed by atoms with E-state index in [9.17, 15) is 4.79 Å². The van der Waals surface area contributed by atoms with Crippen LogP contribution < -0.4 is 10.6 Å². The summed E-state index contributed by atoms with van der Waals surface area (Å²) < 4.78 is 5.07. The smallest absolute Gasteiger partial charge is 0.253 e. The standard InChI is InChI=1S/C15H19N3O2/c1-4-16-14-6-5-10(2)7-13(14)15(19)17-9-12-8-11(3)18-20-12/h5-8,16H,4,9H2,1-3H3,(H,17,19). The lowest BCUT2D eigenvalue weighted by molar-refractivity contribution is 0.0948. The molecule has 2 aromatic rings. The Morgan fingerprint density at radius 3 is 2.75 bits per heavy atom. The molecule has 0 saturated heterocycles. The minimum Gasteiger partial charge on any atom is -0.385 e. The predicted octanol–water partition coefficient (Wildman–Crippen LogP) is 2.65. The topological polar surface area (TPSA) is 67.2 Å². The number of amides is 1. The molecule has 1 amide bonds. The van der Waals surface area contributed by atoms with E-state index >= 15 is 0 Å². The Hall–Kier alpha value is -2.30. The third-order valence-corrected chi connectivity index (χ3v) is 2.89. The molecule has 5 nitrogen and oxygen atoms in total. The maximum Gasteiger partial charge on any atom is 0.253 e. The van der Waals surface area contributed by atoms with Crippen LogP contribution in [0.5, 0.6) is 0 Å². The zero-order valence-corrected chi connectivity index (χ0v) is 12.0. The Bertz CT molecular complexity index is 605. The first-order chi connectivity index (χ1) is 9.60. The fourth-order valence-electron chi connectivity index (χ4n) is 1.95. The molecule has 1 heterocycles. The summed E-state index contributed by atoms with van der Waals surface area (Å²) in [6.45, 7) is 6.91. The summed E-state index contributed by atoms with van der Waals surface area (Å²) in [7, 11) is 0. The highest BCUT2D eigenvalue weighted by atomic mass is 16.5. The van der Waals surface area contributed by atoms with Crippen LogP contribution in [-0.4, -0.2) is 17.6 Å². The van der Waals surface area contributed by atoms with Crippen LogP contribution in [-0.2, 0) is 6.54 Å². The van der Waals surface area contributed by atoms with Crippen LogP contribution >= 0.6 is 0 Å². The van der Waals surface area contributed by atoms with Crippen LogP contribution in [0, 0.1) is 13.8 Å². The normalized spacial score (nSPS) is 10.3. The second kappa shape index (κ2) is 6.23. The molecule has 2 N–H and O–H groups in total. The van der Waals surface area contributed by atoms with Crippen LogP contribution in [0.2, 0.25) is 0 Å². The van der Waals surface area contributed by atoms with Crippen molar-refractivity contribution in [2.24, 2.45) is 0 Å². The molecule has 0 fully saturated rings. The monoisotopic (exact) mass is 273 g/mol. The summed E-state index contributed by atoms with van der Waals surface area (Å²) in [5.74, 6) is 0.521. The van der Waals surface area contributed by atoms with E-state index in [-0.39, 0.29) is 5.91 Å². The lowest BCUT2D eigenvalue weighted by atomic mass is 10.1. The van der Waals surface area contributed by atoms with Crippen LogP contribution in [0.3, 0.4) is 0 Å². The zero-order chi connectivity index (χ0) is 14.5. The van der Waals surface area contributed by atoms with Gasteiger partial charge >= 0.3 is 0 Å². The SMILES string of the molecule is CCNc1ccc(C)cc1C(=O)NCc1cc(C)no1. The molecule has 0 bridgehead atoms. The number of carbonyl (C=O) groups excluding carboxylic acids is 1. The molecule has 5 heteroatoms. The number of aromatic nitrogens is 1. The average molecular weight is 273 g/mol. The summed E-state index contributed by atoms with van der Waals surface area (Å²) in [6.07, 6.45) is 0. The number of hydrogen-bond acceptors (Lipinski definition) is 4. The fourth-order valence-corrected chi connectivity index (χ4v) is 1.95. The van der Waals surface area contributed by atoms with Crippen LogP contribution in [0.1, 0.15) is 34.3 Å². The van der Waals surface area contributed by atoms with E-state index in [0.717, 1.165) is 23.5 Å². The molecule has 106 valence electrons. The van der Waals surface area contributed by atoms with Gasteiger partial charge in [0.1, 0.15) is 0 Å². The van der Waals surface area contributed by atoms with Crippen molar-refractivity contribution < 1.29 is 9.32 Å². The summed E-state index contributed by atoms with van der Waals surface area (Å²) in [4.78, 5) is 12.3. The molecule has 20 heavy (non-hydrogen) atoms. The fraction of sp³-hybridized carbons (Fsp3) is 0.333. The molecule has 0 saturated carbocycles. The van der Waals surface area contributed by atoms with Crippen LogP contribution in [0.25, 0.3) is 0 Å². The van der Waals surface area contributed by atoms with E-state index in [1.165, 1.54) is 0 Å². The molecule has 1 aromatic carbocycles. The number of nitrogens with one attached hydrogen (secondary N) is 2. The number of aryl methyl sites for hydroxylation is 2. The van der Waals surface area contributed by atoms with Crippen molar-refractivity contribution in [1.29, 1.82) is 0 Å². The highest BCUT2D eigenvalue weighted by Gasteiger charge is 2.12. The Balaban J connectivity index is 2.09. The molecular formula is C15H19N3O2. The Labute approximate surface area is 118 Å². The third kappa shape index (κ3) is 3.38. The second-order valence-corrected chi connectivity index (χ2v) is 4.70.